The van der Waals surface area contributed by atoms with Crippen molar-refractivity contribution < 1.29 is 14.3 Å². The predicted molar refractivity (Wildman–Crippen MR) is 71.9 cm³/mol. The van der Waals surface area contributed by atoms with Crippen LogP contribution in [0, 0.1) is 0 Å². The second-order valence-electron chi connectivity index (χ2n) is 4.81. The molecule has 1 amide bonds. The normalized spacial score (nSPS) is 10.9. The lowest BCUT2D eigenvalue weighted by atomic mass is 10.2. The van der Waals surface area contributed by atoms with Gasteiger partial charge in [0.15, 0.2) is 0 Å². The molecule has 0 unspecified atom stereocenters. The molecule has 0 aromatic heterocycles. The van der Waals surface area contributed by atoms with Crippen LogP contribution in [0.3, 0.4) is 0 Å². The van der Waals surface area contributed by atoms with Crippen LogP contribution in [-0.2, 0) is 4.74 Å². The van der Waals surface area contributed by atoms with Crippen LogP contribution in [0.5, 0.6) is 5.75 Å². The smallest absolute Gasteiger partial charge is 0.412 e. The minimum atomic E-state index is -0.527. The summed E-state index contributed by atoms with van der Waals surface area (Å²) in [6.07, 6.45) is -0.505. The summed E-state index contributed by atoms with van der Waals surface area (Å²) in [4.78, 5) is 11.6. The van der Waals surface area contributed by atoms with Crippen LogP contribution in [0.25, 0.3) is 0 Å². The number of amides is 1. The fraction of sp³-hybridized carbons (Fsp3) is 0.462. The van der Waals surface area contributed by atoms with E-state index in [0.717, 1.165) is 0 Å². The van der Waals surface area contributed by atoms with Gasteiger partial charge in [-0.2, -0.15) is 0 Å². The quantitative estimate of drug-likeness (QED) is 0.811. The van der Waals surface area contributed by atoms with E-state index in [4.69, 9.17) is 15.2 Å². The Balaban J connectivity index is 2.73. The third-order valence-corrected chi connectivity index (χ3v) is 1.96. The van der Waals surface area contributed by atoms with Crippen molar-refractivity contribution in [1.29, 1.82) is 0 Å². The Hall–Kier alpha value is -1.91. The first-order chi connectivity index (χ1) is 8.31. The minimum absolute atomic E-state index is 0.505. The standard InChI is InChI=1S/C13H20N2O3/c1-5-17-11-8-9(6-7-10(11)14)15-12(16)18-13(2,3)4/h6-8H,5,14H2,1-4H3,(H,15,16). The molecule has 3 N–H and O–H groups in total. The molecule has 0 aliphatic carbocycles. The number of nitrogen functional groups attached to an aromatic ring is 1. The molecule has 1 aromatic rings. The molecular weight excluding hydrogens is 232 g/mol. The number of anilines is 2. The summed E-state index contributed by atoms with van der Waals surface area (Å²) in [6, 6.07) is 5.04. The third-order valence-electron chi connectivity index (χ3n) is 1.96. The average Bonchev–Trinajstić information content (AvgIpc) is 2.20. The minimum Gasteiger partial charge on any atom is -0.492 e. The molecule has 1 rings (SSSR count). The Morgan fingerprint density at radius 3 is 2.61 bits per heavy atom. The lowest BCUT2D eigenvalue weighted by Crippen LogP contribution is -2.27. The van der Waals surface area contributed by atoms with Crippen LogP contribution in [0.15, 0.2) is 18.2 Å². The van der Waals surface area contributed by atoms with E-state index in [1.807, 2.05) is 6.92 Å². The van der Waals surface area contributed by atoms with E-state index in [2.05, 4.69) is 5.32 Å². The summed E-state index contributed by atoms with van der Waals surface area (Å²) in [5, 5.41) is 2.63. The predicted octanol–water partition coefficient (Wildman–Crippen LogP) is 3.01. The maximum atomic E-state index is 11.6. The third kappa shape index (κ3) is 4.53. The van der Waals surface area contributed by atoms with E-state index in [-0.39, 0.29) is 0 Å². The van der Waals surface area contributed by atoms with Gasteiger partial charge in [0.1, 0.15) is 11.4 Å². The van der Waals surface area contributed by atoms with Crippen molar-refractivity contribution in [2.45, 2.75) is 33.3 Å². The lowest BCUT2D eigenvalue weighted by molar-refractivity contribution is 0.0636. The number of nitrogens with one attached hydrogen (secondary N) is 1. The summed E-state index contributed by atoms with van der Waals surface area (Å²) in [6.45, 7) is 7.80. The van der Waals surface area contributed by atoms with Gasteiger partial charge in [-0.05, 0) is 39.8 Å². The average molecular weight is 252 g/mol. The molecule has 18 heavy (non-hydrogen) atoms. The van der Waals surface area contributed by atoms with Gasteiger partial charge < -0.3 is 15.2 Å². The van der Waals surface area contributed by atoms with E-state index < -0.39 is 11.7 Å². The first-order valence-electron chi connectivity index (χ1n) is 5.84. The highest BCUT2D eigenvalue weighted by Gasteiger charge is 2.16. The van der Waals surface area contributed by atoms with Gasteiger partial charge in [0.05, 0.1) is 12.3 Å². The Morgan fingerprint density at radius 2 is 2.06 bits per heavy atom. The summed E-state index contributed by atoms with van der Waals surface area (Å²) < 4.78 is 10.5. The monoisotopic (exact) mass is 252 g/mol. The zero-order valence-corrected chi connectivity index (χ0v) is 11.2. The van der Waals surface area contributed by atoms with Crippen molar-refractivity contribution in [3.8, 4) is 5.75 Å². The highest BCUT2D eigenvalue weighted by Crippen LogP contribution is 2.25. The molecule has 0 spiro atoms. The number of hydrogen-bond donors (Lipinski definition) is 2. The number of ether oxygens (including phenoxy) is 2. The van der Waals surface area contributed by atoms with Crippen molar-refractivity contribution in [3.63, 3.8) is 0 Å². The molecule has 0 fully saturated rings. The largest absolute Gasteiger partial charge is 0.492 e. The van der Waals surface area contributed by atoms with Gasteiger partial charge >= 0.3 is 6.09 Å². The lowest BCUT2D eigenvalue weighted by Gasteiger charge is -2.20. The molecule has 0 radical (unpaired) electrons. The van der Waals surface area contributed by atoms with Crippen molar-refractivity contribution in [2.75, 3.05) is 17.7 Å². The highest BCUT2D eigenvalue weighted by molar-refractivity contribution is 5.85. The molecule has 0 bridgehead atoms. The van der Waals surface area contributed by atoms with Gasteiger partial charge in [-0.25, -0.2) is 4.79 Å². The van der Waals surface area contributed by atoms with Crippen LogP contribution in [0.1, 0.15) is 27.7 Å². The summed E-state index contributed by atoms with van der Waals surface area (Å²) in [5.41, 5.74) is 6.33. The zero-order chi connectivity index (χ0) is 13.8. The highest BCUT2D eigenvalue weighted by atomic mass is 16.6. The SMILES string of the molecule is CCOc1cc(NC(=O)OC(C)(C)C)ccc1N. The fourth-order valence-corrected chi connectivity index (χ4v) is 1.31. The maximum absolute atomic E-state index is 11.6. The Morgan fingerprint density at radius 1 is 1.39 bits per heavy atom. The second kappa shape index (κ2) is 5.62. The number of rotatable bonds is 3. The molecule has 0 saturated heterocycles. The van der Waals surface area contributed by atoms with E-state index in [0.29, 0.717) is 23.7 Å². The fourth-order valence-electron chi connectivity index (χ4n) is 1.31. The van der Waals surface area contributed by atoms with E-state index in [9.17, 15) is 4.79 Å². The molecule has 100 valence electrons. The molecule has 0 atom stereocenters. The molecule has 0 aliphatic rings. The Labute approximate surface area is 107 Å². The van der Waals surface area contributed by atoms with Crippen molar-refractivity contribution in [3.05, 3.63) is 18.2 Å². The Kier molecular flexibility index (Phi) is 4.42. The molecule has 5 nitrogen and oxygen atoms in total. The number of nitrogens with two attached hydrogens (primary N) is 1. The zero-order valence-electron chi connectivity index (χ0n) is 11.2. The molecule has 5 heteroatoms. The number of benzene rings is 1. The Bertz CT molecular complexity index is 425. The van der Waals surface area contributed by atoms with Gasteiger partial charge in [0.2, 0.25) is 0 Å². The number of hydrogen-bond acceptors (Lipinski definition) is 4. The summed E-state index contributed by atoms with van der Waals surface area (Å²) in [5.74, 6) is 0.547. The van der Waals surface area contributed by atoms with Crippen molar-refractivity contribution in [1.82, 2.24) is 0 Å². The van der Waals surface area contributed by atoms with Crippen LogP contribution in [-0.4, -0.2) is 18.3 Å². The van der Waals surface area contributed by atoms with Crippen molar-refractivity contribution >= 4 is 17.5 Å². The number of carbonyl (C=O) groups excluding carboxylic acids is 1. The van der Waals surface area contributed by atoms with Crippen LogP contribution in [0.4, 0.5) is 16.2 Å². The van der Waals surface area contributed by atoms with Crippen LogP contribution >= 0.6 is 0 Å². The summed E-state index contributed by atoms with van der Waals surface area (Å²) in [7, 11) is 0. The van der Waals surface area contributed by atoms with E-state index in [1.165, 1.54) is 0 Å². The number of carbonyl (C=O) groups is 1. The van der Waals surface area contributed by atoms with Crippen LogP contribution < -0.4 is 15.8 Å². The first kappa shape index (κ1) is 14.2. The molecular formula is C13H20N2O3. The van der Waals surface area contributed by atoms with Gasteiger partial charge in [0.25, 0.3) is 0 Å². The topological polar surface area (TPSA) is 73.6 Å². The van der Waals surface area contributed by atoms with Crippen LogP contribution in [0.2, 0.25) is 0 Å². The molecule has 0 heterocycles. The van der Waals surface area contributed by atoms with Crippen molar-refractivity contribution in [2.24, 2.45) is 0 Å². The van der Waals surface area contributed by atoms with E-state index >= 15 is 0 Å². The van der Waals surface area contributed by atoms with Gasteiger partial charge in [-0.3, -0.25) is 5.32 Å². The van der Waals surface area contributed by atoms with Gasteiger partial charge in [-0.1, -0.05) is 0 Å². The van der Waals surface area contributed by atoms with E-state index in [1.54, 1.807) is 39.0 Å². The summed E-state index contributed by atoms with van der Waals surface area (Å²) >= 11 is 0. The molecule has 0 aliphatic heterocycles. The first-order valence-corrected chi connectivity index (χ1v) is 5.84. The van der Waals surface area contributed by atoms with Gasteiger partial charge in [0, 0.05) is 11.8 Å². The van der Waals surface area contributed by atoms with Gasteiger partial charge in [-0.15, -0.1) is 0 Å². The molecule has 1 aromatic carbocycles. The maximum Gasteiger partial charge on any atom is 0.412 e. The second-order valence-corrected chi connectivity index (χ2v) is 4.81. The molecule has 0 saturated carbocycles.